The van der Waals surface area contributed by atoms with E-state index in [1.807, 2.05) is 18.8 Å². The molecule has 2 nitrogen and oxygen atoms in total. The van der Waals surface area contributed by atoms with Gasteiger partial charge in [-0.3, -0.25) is 0 Å². The lowest BCUT2D eigenvalue weighted by Gasteiger charge is -2.22. The van der Waals surface area contributed by atoms with Crippen LogP contribution < -0.4 is 10.1 Å². The first kappa shape index (κ1) is 12.8. The third kappa shape index (κ3) is 4.25. The molecule has 2 rings (SSSR count). The van der Waals surface area contributed by atoms with Crippen LogP contribution in [0.4, 0.5) is 0 Å². The molecule has 1 heterocycles. The van der Waals surface area contributed by atoms with Gasteiger partial charge in [-0.05, 0) is 62.1 Å². The van der Waals surface area contributed by atoms with Crippen molar-refractivity contribution < 1.29 is 4.74 Å². The number of thioether (sulfide) groups is 1. The molecule has 94 valence electrons. The first-order valence-electron chi connectivity index (χ1n) is 6.36. The number of likely N-dealkylation sites (N-methyl/N-ethyl adjacent to an activating group) is 1. The zero-order chi connectivity index (χ0) is 11.9. The standard InChI is InChI=1S/C14H21NOS/c1-15-9-6-12-2-4-13(5-3-12)16-14-7-10-17-11-8-14/h2-5,14-15H,6-11H2,1H3. The van der Waals surface area contributed by atoms with E-state index in [9.17, 15) is 0 Å². The molecule has 0 bridgehead atoms. The number of benzene rings is 1. The minimum Gasteiger partial charge on any atom is -0.490 e. The van der Waals surface area contributed by atoms with Crippen LogP contribution in [-0.2, 0) is 6.42 Å². The van der Waals surface area contributed by atoms with E-state index in [-0.39, 0.29) is 0 Å². The number of hydrogen-bond acceptors (Lipinski definition) is 3. The molecule has 0 aromatic heterocycles. The quantitative estimate of drug-likeness (QED) is 0.869. The van der Waals surface area contributed by atoms with E-state index in [2.05, 4.69) is 29.6 Å². The first-order chi connectivity index (χ1) is 8.38. The highest BCUT2D eigenvalue weighted by atomic mass is 32.2. The van der Waals surface area contributed by atoms with Crippen molar-refractivity contribution in [3.8, 4) is 5.75 Å². The van der Waals surface area contributed by atoms with Crippen molar-refractivity contribution in [1.82, 2.24) is 5.32 Å². The van der Waals surface area contributed by atoms with E-state index in [1.54, 1.807) is 0 Å². The maximum absolute atomic E-state index is 5.99. The third-order valence-corrected chi connectivity index (χ3v) is 4.11. The van der Waals surface area contributed by atoms with Gasteiger partial charge < -0.3 is 10.1 Å². The van der Waals surface area contributed by atoms with Gasteiger partial charge in [0.25, 0.3) is 0 Å². The lowest BCUT2D eigenvalue weighted by atomic mass is 10.1. The highest BCUT2D eigenvalue weighted by Crippen LogP contribution is 2.22. The van der Waals surface area contributed by atoms with E-state index in [0.29, 0.717) is 6.10 Å². The molecule has 1 N–H and O–H groups in total. The molecule has 1 aliphatic heterocycles. The summed E-state index contributed by atoms with van der Waals surface area (Å²) in [5, 5.41) is 3.16. The second-order valence-corrected chi connectivity index (χ2v) is 5.65. The van der Waals surface area contributed by atoms with Crippen molar-refractivity contribution in [3.63, 3.8) is 0 Å². The summed E-state index contributed by atoms with van der Waals surface area (Å²) < 4.78 is 5.99. The molecule has 0 saturated carbocycles. The third-order valence-electron chi connectivity index (χ3n) is 3.06. The van der Waals surface area contributed by atoms with Crippen LogP contribution in [0.2, 0.25) is 0 Å². The number of ether oxygens (including phenoxy) is 1. The molecule has 1 aromatic carbocycles. The molecule has 0 aliphatic carbocycles. The van der Waals surface area contributed by atoms with Crippen molar-refractivity contribution in [2.75, 3.05) is 25.1 Å². The molecule has 3 heteroatoms. The molecular weight excluding hydrogens is 230 g/mol. The zero-order valence-corrected chi connectivity index (χ0v) is 11.3. The van der Waals surface area contributed by atoms with Gasteiger partial charge in [0.1, 0.15) is 11.9 Å². The first-order valence-corrected chi connectivity index (χ1v) is 7.52. The molecule has 17 heavy (non-hydrogen) atoms. The molecular formula is C14H21NOS. The Morgan fingerprint density at radius 1 is 1.24 bits per heavy atom. The average molecular weight is 251 g/mol. The predicted molar refractivity (Wildman–Crippen MR) is 75.0 cm³/mol. The van der Waals surface area contributed by atoms with Crippen LogP contribution in [0.15, 0.2) is 24.3 Å². The Morgan fingerprint density at radius 3 is 2.59 bits per heavy atom. The second-order valence-electron chi connectivity index (χ2n) is 4.43. The molecule has 1 aromatic rings. The Labute approximate surface area is 108 Å². The maximum Gasteiger partial charge on any atom is 0.119 e. The smallest absolute Gasteiger partial charge is 0.119 e. The van der Waals surface area contributed by atoms with Gasteiger partial charge >= 0.3 is 0 Å². The number of nitrogens with one attached hydrogen (secondary N) is 1. The Balaban J connectivity index is 1.84. The summed E-state index contributed by atoms with van der Waals surface area (Å²) in [4.78, 5) is 0. The van der Waals surface area contributed by atoms with Gasteiger partial charge in [0, 0.05) is 0 Å². The Morgan fingerprint density at radius 2 is 1.94 bits per heavy atom. The van der Waals surface area contributed by atoms with Gasteiger partial charge in [0.2, 0.25) is 0 Å². The van der Waals surface area contributed by atoms with Gasteiger partial charge in [0.15, 0.2) is 0 Å². The summed E-state index contributed by atoms with van der Waals surface area (Å²) in [6.45, 7) is 1.03. The van der Waals surface area contributed by atoms with Crippen LogP contribution in [0.5, 0.6) is 5.75 Å². The molecule has 0 spiro atoms. The van der Waals surface area contributed by atoms with Crippen molar-refractivity contribution in [2.24, 2.45) is 0 Å². The molecule has 0 radical (unpaired) electrons. The van der Waals surface area contributed by atoms with E-state index >= 15 is 0 Å². The van der Waals surface area contributed by atoms with E-state index < -0.39 is 0 Å². The van der Waals surface area contributed by atoms with E-state index in [4.69, 9.17) is 4.74 Å². The summed E-state index contributed by atoms with van der Waals surface area (Å²) in [6, 6.07) is 8.55. The molecule has 0 unspecified atom stereocenters. The zero-order valence-electron chi connectivity index (χ0n) is 10.4. The van der Waals surface area contributed by atoms with Crippen LogP contribution in [0.25, 0.3) is 0 Å². The van der Waals surface area contributed by atoms with E-state index in [0.717, 1.165) is 18.7 Å². The topological polar surface area (TPSA) is 21.3 Å². The van der Waals surface area contributed by atoms with Gasteiger partial charge in [-0.15, -0.1) is 0 Å². The fourth-order valence-corrected chi connectivity index (χ4v) is 3.05. The highest BCUT2D eigenvalue weighted by Gasteiger charge is 2.14. The van der Waals surface area contributed by atoms with Gasteiger partial charge in [-0.1, -0.05) is 12.1 Å². The summed E-state index contributed by atoms with van der Waals surface area (Å²) in [6.07, 6.45) is 3.88. The average Bonchev–Trinajstić information content (AvgIpc) is 2.39. The van der Waals surface area contributed by atoms with Gasteiger partial charge in [-0.25, -0.2) is 0 Å². The highest BCUT2D eigenvalue weighted by molar-refractivity contribution is 7.99. The fourth-order valence-electron chi connectivity index (χ4n) is 1.99. The van der Waals surface area contributed by atoms with Crippen LogP contribution in [0, 0.1) is 0 Å². The maximum atomic E-state index is 5.99. The number of hydrogen-bond donors (Lipinski definition) is 1. The molecule has 0 amide bonds. The monoisotopic (exact) mass is 251 g/mol. The lowest BCUT2D eigenvalue weighted by molar-refractivity contribution is 0.192. The molecule has 1 saturated heterocycles. The minimum absolute atomic E-state index is 0.430. The Bertz CT molecular complexity index is 319. The summed E-state index contributed by atoms with van der Waals surface area (Å²) in [7, 11) is 1.98. The second kappa shape index (κ2) is 6.92. The normalized spacial score (nSPS) is 17.0. The minimum atomic E-state index is 0.430. The molecule has 0 atom stereocenters. The van der Waals surface area contributed by atoms with Crippen LogP contribution in [0.3, 0.4) is 0 Å². The molecule has 1 fully saturated rings. The van der Waals surface area contributed by atoms with Crippen molar-refractivity contribution in [1.29, 1.82) is 0 Å². The van der Waals surface area contributed by atoms with Crippen molar-refractivity contribution in [2.45, 2.75) is 25.4 Å². The summed E-state index contributed by atoms with van der Waals surface area (Å²) >= 11 is 2.03. The van der Waals surface area contributed by atoms with Gasteiger partial charge in [0.05, 0.1) is 0 Å². The predicted octanol–water partition coefficient (Wildman–Crippen LogP) is 2.72. The van der Waals surface area contributed by atoms with Crippen molar-refractivity contribution >= 4 is 11.8 Å². The lowest BCUT2D eigenvalue weighted by Crippen LogP contribution is -2.22. The van der Waals surface area contributed by atoms with Crippen LogP contribution >= 0.6 is 11.8 Å². The van der Waals surface area contributed by atoms with Crippen molar-refractivity contribution in [3.05, 3.63) is 29.8 Å². The Hall–Kier alpha value is -0.670. The largest absolute Gasteiger partial charge is 0.490 e. The SMILES string of the molecule is CNCCc1ccc(OC2CCSCC2)cc1. The number of rotatable bonds is 5. The van der Waals surface area contributed by atoms with Crippen LogP contribution in [0.1, 0.15) is 18.4 Å². The Kier molecular flexibility index (Phi) is 5.20. The van der Waals surface area contributed by atoms with Gasteiger partial charge in [-0.2, -0.15) is 11.8 Å². The summed E-state index contributed by atoms with van der Waals surface area (Å²) in [5.74, 6) is 3.51. The van der Waals surface area contributed by atoms with E-state index in [1.165, 1.54) is 29.9 Å². The van der Waals surface area contributed by atoms with Crippen LogP contribution in [-0.4, -0.2) is 31.2 Å². The molecule has 1 aliphatic rings. The fraction of sp³-hybridized carbons (Fsp3) is 0.571. The summed E-state index contributed by atoms with van der Waals surface area (Å²) in [5.41, 5.74) is 1.37.